The van der Waals surface area contributed by atoms with Gasteiger partial charge in [0.2, 0.25) is 11.6 Å². The van der Waals surface area contributed by atoms with Crippen LogP contribution in [0.3, 0.4) is 0 Å². The van der Waals surface area contributed by atoms with Crippen LogP contribution >= 0.6 is 0 Å². The molecule has 0 saturated carbocycles. The molecule has 2 aromatic heterocycles. The van der Waals surface area contributed by atoms with E-state index in [0.717, 1.165) is 54.4 Å². The van der Waals surface area contributed by atoms with E-state index >= 15 is 0 Å². The summed E-state index contributed by atoms with van der Waals surface area (Å²) in [7, 11) is 1.66. The van der Waals surface area contributed by atoms with E-state index in [1.165, 1.54) is 0 Å². The van der Waals surface area contributed by atoms with Gasteiger partial charge in [-0.25, -0.2) is 14.6 Å². The summed E-state index contributed by atoms with van der Waals surface area (Å²) in [5.41, 5.74) is 9.54. The molecule has 1 fully saturated rings. The molecule has 0 bridgehead atoms. The van der Waals surface area contributed by atoms with Gasteiger partial charge in [-0.15, -0.1) is 0 Å². The fourth-order valence-electron chi connectivity index (χ4n) is 3.54. The number of ether oxygens (including phenoxy) is 1. The number of anilines is 1. The number of nitrogens with two attached hydrogens (primary N) is 1. The Balaban J connectivity index is 0.000000406. The molecule has 4 rings (SSSR count). The molecule has 1 aliphatic heterocycles. The van der Waals surface area contributed by atoms with Crippen LogP contribution < -0.4 is 15.4 Å². The van der Waals surface area contributed by atoms with Crippen molar-refractivity contribution in [3.05, 3.63) is 53.6 Å². The number of carboxylic acid groups (broad SMARTS) is 1. The van der Waals surface area contributed by atoms with Crippen molar-refractivity contribution in [1.29, 1.82) is 0 Å². The molecule has 9 nitrogen and oxygen atoms in total. The molecule has 34 heavy (non-hydrogen) atoms. The van der Waals surface area contributed by atoms with Gasteiger partial charge in [-0.05, 0) is 31.0 Å². The molecule has 1 atom stereocenters. The fraction of sp³-hybridized carbons (Fsp3) is 0.364. The molecule has 0 spiro atoms. The summed E-state index contributed by atoms with van der Waals surface area (Å²) >= 11 is 0. The molecule has 3 N–H and O–H groups in total. The van der Waals surface area contributed by atoms with Crippen molar-refractivity contribution in [2.45, 2.75) is 31.6 Å². The number of methoxy groups -OCH3 is 1. The molecule has 0 radical (unpaired) electrons. The number of aliphatic carboxylic acids is 1. The molecule has 1 aliphatic rings. The summed E-state index contributed by atoms with van der Waals surface area (Å²) < 4.78 is 39.3. The third-order valence-corrected chi connectivity index (χ3v) is 5.18. The van der Waals surface area contributed by atoms with Crippen LogP contribution in [0.1, 0.15) is 18.5 Å². The summed E-state index contributed by atoms with van der Waals surface area (Å²) in [6.45, 7) is 9.40. The first kappa shape index (κ1) is 24.8. The number of carbonyl (C=O) groups is 1. The zero-order valence-electron chi connectivity index (χ0n) is 18.3. The summed E-state index contributed by atoms with van der Waals surface area (Å²) in [6, 6.07) is 9.76. The number of benzene rings is 1. The lowest BCUT2D eigenvalue weighted by atomic mass is 10.1. The molecular weight excluding hydrogens is 453 g/mol. The predicted octanol–water partition coefficient (Wildman–Crippen LogP) is 3.60. The first-order chi connectivity index (χ1) is 16.1. The highest BCUT2D eigenvalue weighted by Gasteiger charge is 2.38. The van der Waals surface area contributed by atoms with E-state index in [1.807, 2.05) is 24.3 Å². The molecule has 3 heterocycles. The van der Waals surface area contributed by atoms with Gasteiger partial charge in [0.25, 0.3) is 0 Å². The Hall–Kier alpha value is -3.85. The van der Waals surface area contributed by atoms with Gasteiger partial charge in [0, 0.05) is 31.4 Å². The number of hydrogen-bond donors (Lipinski definition) is 2. The van der Waals surface area contributed by atoms with Gasteiger partial charge in [-0.3, -0.25) is 4.98 Å². The van der Waals surface area contributed by atoms with E-state index in [4.69, 9.17) is 31.9 Å². The molecule has 1 aromatic carbocycles. The monoisotopic (exact) mass is 476 g/mol. The fourth-order valence-corrected chi connectivity index (χ4v) is 3.54. The Kier molecular flexibility index (Phi) is 7.57. The van der Waals surface area contributed by atoms with Crippen LogP contribution in [0.15, 0.2) is 36.5 Å². The average Bonchev–Trinajstić information content (AvgIpc) is 3.17. The van der Waals surface area contributed by atoms with Gasteiger partial charge in [0.05, 0.1) is 37.0 Å². The number of nitrogens with zero attached hydrogens (tertiary/aromatic N) is 5. The number of hydrogen-bond acceptors (Lipinski definition) is 6. The van der Waals surface area contributed by atoms with Crippen molar-refractivity contribution in [2.75, 3.05) is 25.1 Å². The predicted molar refractivity (Wildman–Crippen MR) is 119 cm³/mol. The maximum atomic E-state index is 10.6. The van der Waals surface area contributed by atoms with Gasteiger partial charge >= 0.3 is 12.1 Å². The number of rotatable bonds is 4. The van der Waals surface area contributed by atoms with Crippen molar-refractivity contribution in [3.8, 4) is 5.75 Å². The third-order valence-electron chi connectivity index (χ3n) is 5.18. The van der Waals surface area contributed by atoms with Gasteiger partial charge in [-0.1, -0.05) is 6.07 Å². The second-order valence-electron chi connectivity index (χ2n) is 7.62. The van der Waals surface area contributed by atoms with Crippen molar-refractivity contribution >= 4 is 28.6 Å². The van der Waals surface area contributed by atoms with Gasteiger partial charge < -0.3 is 25.0 Å². The largest absolute Gasteiger partial charge is 0.497 e. The summed E-state index contributed by atoms with van der Waals surface area (Å²) in [5, 5.41) is 7.12. The van der Waals surface area contributed by atoms with Crippen molar-refractivity contribution < 1.29 is 27.8 Å². The van der Waals surface area contributed by atoms with Crippen molar-refractivity contribution in [1.82, 2.24) is 14.5 Å². The normalized spacial score (nSPS) is 15.9. The molecule has 180 valence electrons. The standard InChI is InChI=1S/C20H22N6O.C2HF3O2/c1-22-15-5-6-16(23-11-15)13-26-19-10-17(27-2)7-8-18(19)24-20(26)25-9-3-4-14(21)12-25;3-2(4,5)1(6)7/h5-8,10-11,14H,3-4,9,12-13,21H2,2H3;(H,6,7)/t14-;/m0./s1. The maximum Gasteiger partial charge on any atom is 0.490 e. The Labute approximate surface area is 193 Å². The number of pyridine rings is 1. The Morgan fingerprint density at radius 3 is 2.65 bits per heavy atom. The van der Waals surface area contributed by atoms with Gasteiger partial charge in [0.1, 0.15) is 5.75 Å². The van der Waals surface area contributed by atoms with E-state index in [-0.39, 0.29) is 6.04 Å². The number of piperidine rings is 1. The second-order valence-corrected chi connectivity index (χ2v) is 7.62. The summed E-state index contributed by atoms with van der Waals surface area (Å²) in [4.78, 5) is 23.9. The number of imidazole rings is 1. The van der Waals surface area contributed by atoms with E-state index in [1.54, 1.807) is 19.4 Å². The Bertz CT molecular complexity index is 1190. The highest BCUT2D eigenvalue weighted by Crippen LogP contribution is 2.29. The van der Waals surface area contributed by atoms with E-state index in [9.17, 15) is 13.2 Å². The lowest BCUT2D eigenvalue weighted by Gasteiger charge is -2.32. The lowest BCUT2D eigenvalue weighted by molar-refractivity contribution is -0.192. The molecule has 3 aromatic rings. The highest BCUT2D eigenvalue weighted by molar-refractivity contribution is 5.80. The second kappa shape index (κ2) is 10.4. The number of aromatic nitrogens is 3. The number of carboxylic acids is 1. The Morgan fingerprint density at radius 1 is 1.35 bits per heavy atom. The minimum absolute atomic E-state index is 0.164. The smallest absolute Gasteiger partial charge is 0.490 e. The van der Waals surface area contributed by atoms with Gasteiger partial charge in [0.15, 0.2) is 0 Å². The van der Waals surface area contributed by atoms with E-state index in [2.05, 4.69) is 19.3 Å². The van der Waals surface area contributed by atoms with Crippen LogP contribution in [0, 0.1) is 6.57 Å². The number of halogens is 3. The quantitative estimate of drug-likeness (QED) is 0.554. The van der Waals surface area contributed by atoms with E-state index in [0.29, 0.717) is 12.2 Å². The zero-order chi connectivity index (χ0) is 24.9. The van der Waals surface area contributed by atoms with Crippen LogP contribution in [0.5, 0.6) is 5.75 Å². The number of alkyl halides is 3. The summed E-state index contributed by atoms with van der Waals surface area (Å²) in [6.07, 6.45) is -1.37. The van der Waals surface area contributed by atoms with Crippen LogP contribution in [0.25, 0.3) is 15.9 Å². The van der Waals surface area contributed by atoms with Crippen LogP contribution in [0.4, 0.5) is 24.8 Å². The Morgan fingerprint density at radius 2 is 2.09 bits per heavy atom. The lowest BCUT2D eigenvalue weighted by Crippen LogP contribution is -2.44. The van der Waals surface area contributed by atoms with Crippen molar-refractivity contribution in [3.63, 3.8) is 0 Å². The molecule has 0 unspecified atom stereocenters. The molecule has 0 amide bonds. The average molecular weight is 476 g/mol. The first-order valence-electron chi connectivity index (χ1n) is 10.3. The van der Waals surface area contributed by atoms with Crippen LogP contribution in [0.2, 0.25) is 0 Å². The first-order valence-corrected chi connectivity index (χ1v) is 10.3. The highest BCUT2D eigenvalue weighted by atomic mass is 19.4. The van der Waals surface area contributed by atoms with E-state index < -0.39 is 12.1 Å². The zero-order valence-corrected chi connectivity index (χ0v) is 18.3. The number of fused-ring (bicyclic) bond motifs is 1. The SMILES string of the molecule is O=C(O)C(F)(F)F.[C-]#[N+]c1ccc(Cn2c(N3CCC[C@H](N)C3)nc3ccc(OC)cc32)nc1. The third kappa shape index (κ3) is 5.93. The minimum Gasteiger partial charge on any atom is -0.497 e. The van der Waals surface area contributed by atoms with Crippen LogP contribution in [-0.2, 0) is 11.3 Å². The van der Waals surface area contributed by atoms with Crippen LogP contribution in [-0.4, -0.2) is 58.0 Å². The minimum atomic E-state index is -5.08. The molecular formula is C22H23F3N6O3. The van der Waals surface area contributed by atoms with Gasteiger partial charge in [-0.2, -0.15) is 13.2 Å². The molecule has 1 saturated heterocycles. The maximum absolute atomic E-state index is 10.6. The topological polar surface area (TPSA) is 111 Å². The molecule has 12 heteroatoms. The van der Waals surface area contributed by atoms with Crippen molar-refractivity contribution in [2.24, 2.45) is 5.73 Å². The molecule has 0 aliphatic carbocycles. The summed E-state index contributed by atoms with van der Waals surface area (Å²) in [5.74, 6) is -1.06.